The molecule has 1 fully saturated rings. The Bertz CT molecular complexity index is 359. The second kappa shape index (κ2) is 6.87. The van der Waals surface area contributed by atoms with E-state index in [0.29, 0.717) is 13.2 Å². The van der Waals surface area contributed by atoms with Gasteiger partial charge in [0.2, 0.25) is 0 Å². The van der Waals surface area contributed by atoms with E-state index >= 15 is 0 Å². The minimum Gasteiger partial charge on any atom is -0.465 e. The molecule has 0 radical (unpaired) electrons. The van der Waals surface area contributed by atoms with Gasteiger partial charge in [-0.2, -0.15) is 0 Å². The van der Waals surface area contributed by atoms with Crippen molar-refractivity contribution in [3.8, 4) is 0 Å². The molecule has 0 bridgehead atoms. The summed E-state index contributed by atoms with van der Waals surface area (Å²) in [5.41, 5.74) is 0. The zero-order valence-electron chi connectivity index (χ0n) is 10.8. The Kier molecular flexibility index (Phi) is 5.16. The maximum atomic E-state index is 11.4. The first kappa shape index (κ1) is 13.5. The lowest BCUT2D eigenvalue weighted by molar-refractivity contribution is -0.144. The molecular formula is C13H20N2O2S. The number of nitrogens with zero attached hydrogens (tertiary/aromatic N) is 2. The fraction of sp³-hybridized carbons (Fsp3) is 0.615. The molecule has 18 heavy (non-hydrogen) atoms. The van der Waals surface area contributed by atoms with Crippen LogP contribution in [0.5, 0.6) is 0 Å². The largest absolute Gasteiger partial charge is 0.465 e. The summed E-state index contributed by atoms with van der Waals surface area (Å²) in [7, 11) is 0. The first-order valence-electron chi connectivity index (χ1n) is 6.40. The molecule has 0 amide bonds. The van der Waals surface area contributed by atoms with Crippen LogP contribution in [0, 0.1) is 0 Å². The summed E-state index contributed by atoms with van der Waals surface area (Å²) in [6.07, 6.45) is 0. The summed E-state index contributed by atoms with van der Waals surface area (Å²) in [4.78, 5) is 17.4. The normalized spacial score (nSPS) is 17.8. The summed E-state index contributed by atoms with van der Waals surface area (Å²) in [5.74, 6) is -0.107. The minimum absolute atomic E-state index is 0.107. The van der Waals surface area contributed by atoms with Crippen LogP contribution in [0.4, 0.5) is 0 Å². The second-order valence-electron chi connectivity index (χ2n) is 4.44. The van der Waals surface area contributed by atoms with Crippen molar-refractivity contribution in [3.63, 3.8) is 0 Å². The fourth-order valence-corrected chi connectivity index (χ4v) is 2.86. The highest BCUT2D eigenvalue weighted by molar-refractivity contribution is 7.09. The van der Waals surface area contributed by atoms with Crippen molar-refractivity contribution in [1.82, 2.24) is 9.80 Å². The molecule has 1 aliphatic rings. The van der Waals surface area contributed by atoms with Gasteiger partial charge in [0.05, 0.1) is 13.2 Å². The molecule has 0 aliphatic carbocycles. The molecule has 5 heteroatoms. The van der Waals surface area contributed by atoms with Gasteiger partial charge >= 0.3 is 5.97 Å². The van der Waals surface area contributed by atoms with E-state index in [1.165, 1.54) is 4.88 Å². The summed E-state index contributed by atoms with van der Waals surface area (Å²) in [5, 5.41) is 2.12. The Morgan fingerprint density at radius 3 is 2.67 bits per heavy atom. The molecule has 2 rings (SSSR count). The predicted octanol–water partition coefficient (Wildman–Crippen LogP) is 1.43. The summed E-state index contributed by atoms with van der Waals surface area (Å²) in [6, 6.07) is 4.27. The van der Waals surface area contributed by atoms with Crippen LogP contribution < -0.4 is 0 Å². The molecule has 1 aromatic heterocycles. The number of hydrogen-bond acceptors (Lipinski definition) is 5. The number of piperazine rings is 1. The van der Waals surface area contributed by atoms with E-state index in [1.54, 1.807) is 11.3 Å². The van der Waals surface area contributed by atoms with Gasteiger partial charge in [-0.25, -0.2) is 0 Å². The van der Waals surface area contributed by atoms with E-state index in [1.807, 2.05) is 6.92 Å². The average Bonchev–Trinajstić information content (AvgIpc) is 2.85. The molecule has 100 valence electrons. The van der Waals surface area contributed by atoms with Gasteiger partial charge in [0, 0.05) is 37.6 Å². The Balaban J connectivity index is 1.69. The number of esters is 1. The molecule has 0 atom stereocenters. The number of ether oxygens (including phenoxy) is 1. The zero-order chi connectivity index (χ0) is 12.8. The van der Waals surface area contributed by atoms with Crippen molar-refractivity contribution in [1.29, 1.82) is 0 Å². The molecule has 1 aromatic rings. The van der Waals surface area contributed by atoms with E-state index in [2.05, 4.69) is 27.3 Å². The molecule has 0 unspecified atom stereocenters. The maximum Gasteiger partial charge on any atom is 0.320 e. The fourth-order valence-electron chi connectivity index (χ4n) is 2.12. The Morgan fingerprint density at radius 2 is 2.06 bits per heavy atom. The average molecular weight is 268 g/mol. The summed E-state index contributed by atoms with van der Waals surface area (Å²) in [6.45, 7) is 7.72. The van der Waals surface area contributed by atoms with E-state index in [0.717, 1.165) is 32.7 Å². The maximum absolute atomic E-state index is 11.4. The van der Waals surface area contributed by atoms with Gasteiger partial charge in [-0.1, -0.05) is 6.07 Å². The van der Waals surface area contributed by atoms with Gasteiger partial charge in [-0.05, 0) is 18.4 Å². The van der Waals surface area contributed by atoms with Crippen LogP contribution >= 0.6 is 11.3 Å². The molecule has 1 saturated heterocycles. The molecular weight excluding hydrogens is 248 g/mol. The SMILES string of the molecule is CCOC(=O)CN1CCN(Cc2cccs2)CC1. The van der Waals surface area contributed by atoms with Crippen molar-refractivity contribution < 1.29 is 9.53 Å². The van der Waals surface area contributed by atoms with Gasteiger partial charge in [-0.15, -0.1) is 11.3 Å². The van der Waals surface area contributed by atoms with Crippen molar-refractivity contribution >= 4 is 17.3 Å². The van der Waals surface area contributed by atoms with Crippen LogP contribution in [0.15, 0.2) is 17.5 Å². The third kappa shape index (κ3) is 4.08. The zero-order valence-corrected chi connectivity index (χ0v) is 11.6. The van der Waals surface area contributed by atoms with Crippen LogP contribution in [0.2, 0.25) is 0 Å². The van der Waals surface area contributed by atoms with Crippen molar-refractivity contribution in [2.75, 3.05) is 39.3 Å². The van der Waals surface area contributed by atoms with Crippen LogP contribution in [0.25, 0.3) is 0 Å². The monoisotopic (exact) mass is 268 g/mol. The molecule has 0 saturated carbocycles. The van der Waals surface area contributed by atoms with E-state index < -0.39 is 0 Å². The summed E-state index contributed by atoms with van der Waals surface area (Å²) >= 11 is 1.81. The predicted molar refractivity (Wildman–Crippen MR) is 72.7 cm³/mol. The quantitative estimate of drug-likeness (QED) is 0.756. The number of hydrogen-bond donors (Lipinski definition) is 0. The number of rotatable bonds is 5. The van der Waals surface area contributed by atoms with Crippen molar-refractivity contribution in [2.24, 2.45) is 0 Å². The second-order valence-corrected chi connectivity index (χ2v) is 5.47. The number of carbonyl (C=O) groups is 1. The molecule has 1 aliphatic heterocycles. The van der Waals surface area contributed by atoms with Gasteiger partial charge in [0.15, 0.2) is 0 Å². The van der Waals surface area contributed by atoms with E-state index in [4.69, 9.17) is 4.74 Å². The van der Waals surface area contributed by atoms with Crippen molar-refractivity contribution in [2.45, 2.75) is 13.5 Å². The van der Waals surface area contributed by atoms with Gasteiger partial charge in [-0.3, -0.25) is 14.6 Å². The standard InChI is InChI=1S/C13H20N2O2S/c1-2-17-13(16)11-15-7-5-14(6-8-15)10-12-4-3-9-18-12/h3-4,9H,2,5-8,10-11H2,1H3. The molecule has 2 heterocycles. The highest BCUT2D eigenvalue weighted by Gasteiger charge is 2.19. The first-order chi connectivity index (χ1) is 8.78. The third-order valence-corrected chi connectivity index (χ3v) is 3.94. The van der Waals surface area contributed by atoms with Gasteiger partial charge in [0.1, 0.15) is 0 Å². The van der Waals surface area contributed by atoms with Gasteiger partial charge in [0.25, 0.3) is 0 Å². The van der Waals surface area contributed by atoms with E-state index in [-0.39, 0.29) is 5.97 Å². The Hall–Kier alpha value is -0.910. The molecule has 0 aromatic carbocycles. The van der Waals surface area contributed by atoms with Crippen LogP contribution in [0.3, 0.4) is 0 Å². The molecule has 4 nitrogen and oxygen atoms in total. The third-order valence-electron chi connectivity index (χ3n) is 3.08. The first-order valence-corrected chi connectivity index (χ1v) is 7.28. The Morgan fingerprint density at radius 1 is 1.33 bits per heavy atom. The van der Waals surface area contributed by atoms with Crippen LogP contribution in [0.1, 0.15) is 11.8 Å². The number of thiophene rings is 1. The molecule has 0 spiro atoms. The van der Waals surface area contributed by atoms with Crippen LogP contribution in [-0.4, -0.2) is 55.1 Å². The lowest BCUT2D eigenvalue weighted by Crippen LogP contribution is -2.47. The highest BCUT2D eigenvalue weighted by Crippen LogP contribution is 2.13. The highest BCUT2D eigenvalue weighted by atomic mass is 32.1. The van der Waals surface area contributed by atoms with Gasteiger partial charge < -0.3 is 4.74 Å². The topological polar surface area (TPSA) is 32.8 Å². The van der Waals surface area contributed by atoms with E-state index in [9.17, 15) is 4.79 Å². The van der Waals surface area contributed by atoms with Crippen LogP contribution in [-0.2, 0) is 16.1 Å². The summed E-state index contributed by atoms with van der Waals surface area (Å²) < 4.78 is 4.96. The lowest BCUT2D eigenvalue weighted by atomic mass is 10.3. The minimum atomic E-state index is -0.107. The molecule has 0 N–H and O–H groups in total. The lowest BCUT2D eigenvalue weighted by Gasteiger charge is -2.33. The smallest absolute Gasteiger partial charge is 0.320 e. The van der Waals surface area contributed by atoms with Crippen molar-refractivity contribution in [3.05, 3.63) is 22.4 Å². The number of carbonyl (C=O) groups excluding carboxylic acids is 1. The Labute approximate surface area is 112 Å².